The van der Waals surface area contributed by atoms with E-state index in [4.69, 9.17) is 10.5 Å². The van der Waals surface area contributed by atoms with Crippen LogP contribution in [0.25, 0.3) is 0 Å². The summed E-state index contributed by atoms with van der Waals surface area (Å²) in [5.74, 6) is -0.227. The highest BCUT2D eigenvalue weighted by atomic mass is 32.2. The van der Waals surface area contributed by atoms with Crippen LogP contribution in [0.1, 0.15) is 19.8 Å². The minimum atomic E-state index is -3.08. The number of hydrogen-bond donors (Lipinski definition) is 1. The van der Waals surface area contributed by atoms with Crippen molar-refractivity contribution in [3.63, 3.8) is 0 Å². The molecule has 0 aromatic carbocycles. The van der Waals surface area contributed by atoms with Gasteiger partial charge in [0.1, 0.15) is 9.84 Å². The maximum atomic E-state index is 12.1. The summed E-state index contributed by atoms with van der Waals surface area (Å²) in [4.78, 5) is 13.9. The first kappa shape index (κ1) is 15.4. The number of carbonyl (C=O) groups is 1. The maximum absolute atomic E-state index is 12.1. The van der Waals surface area contributed by atoms with Gasteiger partial charge in [0.25, 0.3) is 0 Å². The average molecular weight is 278 g/mol. The Balaban J connectivity index is 2.56. The van der Waals surface area contributed by atoms with Gasteiger partial charge in [0.15, 0.2) is 0 Å². The third-order valence-electron chi connectivity index (χ3n) is 3.10. The predicted molar refractivity (Wildman–Crippen MR) is 68.9 cm³/mol. The molecule has 0 spiro atoms. The van der Waals surface area contributed by atoms with E-state index in [1.165, 1.54) is 0 Å². The number of nitrogens with zero attached hydrogens (tertiary/aromatic N) is 1. The van der Waals surface area contributed by atoms with Crippen molar-refractivity contribution in [1.82, 2.24) is 4.90 Å². The fourth-order valence-corrected chi connectivity index (χ4v) is 2.64. The van der Waals surface area contributed by atoms with Crippen molar-refractivity contribution in [3.05, 3.63) is 0 Å². The summed E-state index contributed by atoms with van der Waals surface area (Å²) < 4.78 is 27.4. The van der Waals surface area contributed by atoms with Gasteiger partial charge in [0.2, 0.25) is 5.91 Å². The van der Waals surface area contributed by atoms with E-state index >= 15 is 0 Å². The lowest BCUT2D eigenvalue weighted by Crippen LogP contribution is -2.54. The number of carbonyl (C=O) groups excluding carboxylic acids is 1. The molecule has 6 nitrogen and oxygen atoms in total. The van der Waals surface area contributed by atoms with Crippen LogP contribution in [0, 0.1) is 0 Å². The Morgan fingerprint density at radius 3 is 2.78 bits per heavy atom. The average Bonchev–Trinajstić information content (AvgIpc) is 2.34. The molecular weight excluding hydrogens is 256 g/mol. The smallest absolute Gasteiger partial charge is 0.239 e. The summed E-state index contributed by atoms with van der Waals surface area (Å²) in [7, 11) is -3.08. The minimum Gasteiger partial charge on any atom is -0.377 e. The van der Waals surface area contributed by atoms with Crippen molar-refractivity contribution < 1.29 is 17.9 Å². The molecule has 0 bridgehead atoms. The fourth-order valence-electron chi connectivity index (χ4n) is 1.96. The molecule has 2 unspecified atom stereocenters. The molecule has 0 saturated carbocycles. The standard InChI is InChI=1S/C11H22N2O4S/c1-3-9-8-17-6-5-13(9)11(14)10(12)4-7-18(2,15)16/h9-10H,3-8,12H2,1-2H3. The number of amides is 1. The van der Waals surface area contributed by atoms with Crippen LogP contribution in [0.3, 0.4) is 0 Å². The van der Waals surface area contributed by atoms with Crippen molar-refractivity contribution in [3.8, 4) is 0 Å². The van der Waals surface area contributed by atoms with Crippen LogP contribution in [0.4, 0.5) is 0 Å². The van der Waals surface area contributed by atoms with Gasteiger partial charge >= 0.3 is 0 Å². The van der Waals surface area contributed by atoms with Crippen LogP contribution in [-0.4, -0.2) is 63.1 Å². The Hall–Kier alpha value is -0.660. The zero-order valence-corrected chi connectivity index (χ0v) is 11.8. The predicted octanol–water partition coefficient (Wildman–Crippen LogP) is -0.614. The Labute approximate surface area is 108 Å². The van der Waals surface area contributed by atoms with Gasteiger partial charge in [-0.3, -0.25) is 4.79 Å². The van der Waals surface area contributed by atoms with Gasteiger partial charge in [-0.25, -0.2) is 8.42 Å². The van der Waals surface area contributed by atoms with Crippen LogP contribution in [-0.2, 0) is 19.4 Å². The van der Waals surface area contributed by atoms with E-state index in [0.29, 0.717) is 19.8 Å². The second kappa shape index (κ2) is 6.49. The molecule has 1 aliphatic heterocycles. The largest absolute Gasteiger partial charge is 0.377 e. The van der Waals surface area contributed by atoms with Crippen LogP contribution in [0.2, 0.25) is 0 Å². The lowest BCUT2D eigenvalue weighted by Gasteiger charge is -2.36. The highest BCUT2D eigenvalue weighted by molar-refractivity contribution is 7.90. The molecule has 7 heteroatoms. The van der Waals surface area contributed by atoms with Gasteiger partial charge in [-0.05, 0) is 12.8 Å². The van der Waals surface area contributed by atoms with Gasteiger partial charge < -0.3 is 15.4 Å². The molecule has 106 valence electrons. The maximum Gasteiger partial charge on any atom is 0.239 e. The van der Waals surface area contributed by atoms with E-state index in [1.807, 2.05) is 6.92 Å². The quantitative estimate of drug-likeness (QED) is 0.724. The first-order chi connectivity index (χ1) is 8.35. The molecular formula is C11H22N2O4S. The van der Waals surface area contributed by atoms with E-state index in [-0.39, 0.29) is 24.1 Å². The van der Waals surface area contributed by atoms with Crippen LogP contribution in [0.5, 0.6) is 0 Å². The third kappa shape index (κ3) is 4.55. The Morgan fingerprint density at radius 2 is 2.22 bits per heavy atom. The summed E-state index contributed by atoms with van der Waals surface area (Å²) >= 11 is 0. The van der Waals surface area contributed by atoms with Crippen molar-refractivity contribution in [2.75, 3.05) is 31.8 Å². The van der Waals surface area contributed by atoms with Crippen molar-refractivity contribution >= 4 is 15.7 Å². The number of morpholine rings is 1. The number of nitrogens with two attached hydrogens (primary N) is 1. The summed E-state index contributed by atoms with van der Waals surface area (Å²) in [6.07, 6.45) is 2.13. The monoisotopic (exact) mass is 278 g/mol. The summed E-state index contributed by atoms with van der Waals surface area (Å²) in [6.45, 7) is 3.56. The highest BCUT2D eigenvalue weighted by Crippen LogP contribution is 2.12. The summed E-state index contributed by atoms with van der Waals surface area (Å²) in [5.41, 5.74) is 5.78. The lowest BCUT2D eigenvalue weighted by molar-refractivity contribution is -0.141. The SMILES string of the molecule is CCC1COCCN1C(=O)C(N)CCS(C)(=O)=O. The van der Waals surface area contributed by atoms with Gasteiger partial charge in [-0.2, -0.15) is 0 Å². The number of rotatable bonds is 5. The molecule has 1 aliphatic rings. The molecule has 0 aromatic rings. The second-order valence-electron chi connectivity index (χ2n) is 4.69. The molecule has 1 fully saturated rings. The molecule has 1 rings (SSSR count). The van der Waals surface area contributed by atoms with E-state index in [2.05, 4.69) is 0 Å². The normalized spacial score (nSPS) is 22.8. The third-order valence-corrected chi connectivity index (χ3v) is 4.08. The van der Waals surface area contributed by atoms with Crippen molar-refractivity contribution in [2.45, 2.75) is 31.8 Å². The van der Waals surface area contributed by atoms with Crippen LogP contribution < -0.4 is 5.73 Å². The molecule has 18 heavy (non-hydrogen) atoms. The zero-order chi connectivity index (χ0) is 13.8. The molecule has 1 amide bonds. The van der Waals surface area contributed by atoms with Crippen LogP contribution in [0.15, 0.2) is 0 Å². The van der Waals surface area contributed by atoms with E-state index in [0.717, 1.165) is 12.7 Å². The summed E-state index contributed by atoms with van der Waals surface area (Å²) in [5, 5.41) is 0. The number of hydrogen-bond acceptors (Lipinski definition) is 5. The van der Waals surface area contributed by atoms with Gasteiger partial charge in [0, 0.05) is 12.8 Å². The van der Waals surface area contributed by atoms with Gasteiger partial charge in [-0.15, -0.1) is 0 Å². The fraction of sp³-hybridized carbons (Fsp3) is 0.909. The minimum absolute atomic E-state index is 0.0514. The molecule has 2 N–H and O–H groups in total. The zero-order valence-electron chi connectivity index (χ0n) is 11.0. The molecule has 1 heterocycles. The van der Waals surface area contributed by atoms with Crippen LogP contribution >= 0.6 is 0 Å². The second-order valence-corrected chi connectivity index (χ2v) is 6.95. The Bertz CT molecular complexity index is 383. The Morgan fingerprint density at radius 1 is 1.56 bits per heavy atom. The first-order valence-electron chi connectivity index (χ1n) is 6.16. The first-order valence-corrected chi connectivity index (χ1v) is 8.22. The summed E-state index contributed by atoms with van der Waals surface area (Å²) in [6, 6.07) is -0.692. The number of ether oxygens (including phenoxy) is 1. The molecule has 0 aromatic heterocycles. The Kier molecular flexibility index (Phi) is 5.55. The van der Waals surface area contributed by atoms with Gasteiger partial charge in [0.05, 0.1) is 31.1 Å². The van der Waals surface area contributed by atoms with E-state index < -0.39 is 15.9 Å². The molecule has 0 radical (unpaired) electrons. The lowest BCUT2D eigenvalue weighted by atomic mass is 10.1. The number of sulfone groups is 1. The molecule has 0 aliphatic carbocycles. The molecule has 1 saturated heterocycles. The topological polar surface area (TPSA) is 89.7 Å². The van der Waals surface area contributed by atoms with E-state index in [9.17, 15) is 13.2 Å². The highest BCUT2D eigenvalue weighted by Gasteiger charge is 2.29. The molecule has 2 atom stereocenters. The van der Waals surface area contributed by atoms with Crippen molar-refractivity contribution in [1.29, 1.82) is 0 Å². The van der Waals surface area contributed by atoms with Crippen molar-refractivity contribution in [2.24, 2.45) is 5.73 Å². The van der Waals surface area contributed by atoms with Gasteiger partial charge in [-0.1, -0.05) is 6.92 Å². The van der Waals surface area contributed by atoms with E-state index in [1.54, 1.807) is 4.90 Å².